The maximum absolute atomic E-state index is 11.7. The number of alkyl carbamates (subject to hydrolysis) is 1. The van der Waals surface area contributed by atoms with E-state index in [0.29, 0.717) is 11.3 Å². The van der Waals surface area contributed by atoms with Crippen molar-refractivity contribution in [3.8, 4) is 5.75 Å². The number of carbonyl (C=O) groups is 2. The normalized spacial score (nSPS) is 10.5. The first-order chi connectivity index (χ1) is 12.6. The third kappa shape index (κ3) is 6.32. The number of carboxylic acid groups (broad SMARTS) is 1. The summed E-state index contributed by atoms with van der Waals surface area (Å²) in [7, 11) is 1.54. The first-order valence-corrected chi connectivity index (χ1v) is 8.08. The second-order valence-electron chi connectivity index (χ2n) is 5.49. The van der Waals surface area contributed by atoms with Crippen LogP contribution in [0.4, 0.5) is 4.79 Å². The minimum Gasteiger partial charge on any atom is -0.496 e. The molecule has 2 aromatic carbocycles. The van der Waals surface area contributed by atoms with E-state index in [2.05, 4.69) is 5.32 Å². The van der Waals surface area contributed by atoms with Crippen molar-refractivity contribution < 1.29 is 24.2 Å². The van der Waals surface area contributed by atoms with Gasteiger partial charge in [-0.25, -0.2) is 4.79 Å². The van der Waals surface area contributed by atoms with E-state index < -0.39 is 12.1 Å². The summed E-state index contributed by atoms with van der Waals surface area (Å²) in [5.41, 5.74) is 2.33. The largest absolute Gasteiger partial charge is 0.496 e. The zero-order chi connectivity index (χ0) is 18.8. The van der Waals surface area contributed by atoms with E-state index in [1.807, 2.05) is 30.3 Å². The number of hydrogen-bond donors (Lipinski definition) is 2. The number of hydrogen-bond acceptors (Lipinski definition) is 4. The second-order valence-corrected chi connectivity index (χ2v) is 5.49. The Morgan fingerprint density at radius 3 is 2.58 bits per heavy atom. The van der Waals surface area contributed by atoms with Crippen molar-refractivity contribution in [1.82, 2.24) is 5.32 Å². The van der Waals surface area contributed by atoms with Gasteiger partial charge in [-0.05, 0) is 23.3 Å². The lowest BCUT2D eigenvalue weighted by molar-refractivity contribution is -0.136. The number of rotatable bonds is 8. The van der Waals surface area contributed by atoms with Gasteiger partial charge in [0.05, 0.1) is 13.5 Å². The highest BCUT2D eigenvalue weighted by Crippen LogP contribution is 2.21. The first-order valence-electron chi connectivity index (χ1n) is 8.08. The Bertz CT molecular complexity index is 771. The van der Waals surface area contributed by atoms with Crippen molar-refractivity contribution in [1.29, 1.82) is 0 Å². The average molecular weight is 355 g/mol. The van der Waals surface area contributed by atoms with Crippen LogP contribution < -0.4 is 10.1 Å². The molecular formula is C20H21NO5. The van der Waals surface area contributed by atoms with Gasteiger partial charge in [0.25, 0.3) is 0 Å². The molecule has 0 aromatic heterocycles. The number of aliphatic carboxylic acids is 1. The number of carboxylic acids is 1. The third-order valence-electron chi connectivity index (χ3n) is 3.52. The minimum atomic E-state index is -0.895. The summed E-state index contributed by atoms with van der Waals surface area (Å²) >= 11 is 0. The molecule has 2 rings (SSSR count). The highest BCUT2D eigenvalue weighted by molar-refractivity contribution is 5.71. The van der Waals surface area contributed by atoms with Crippen molar-refractivity contribution in [3.63, 3.8) is 0 Å². The van der Waals surface area contributed by atoms with Crippen LogP contribution in [0.2, 0.25) is 0 Å². The second kappa shape index (κ2) is 9.88. The van der Waals surface area contributed by atoms with Crippen molar-refractivity contribution in [2.24, 2.45) is 0 Å². The molecule has 0 saturated heterocycles. The predicted molar refractivity (Wildman–Crippen MR) is 98.0 cm³/mol. The van der Waals surface area contributed by atoms with E-state index in [-0.39, 0.29) is 19.6 Å². The van der Waals surface area contributed by atoms with Gasteiger partial charge in [-0.1, -0.05) is 48.6 Å². The minimum absolute atomic E-state index is 0.0606. The summed E-state index contributed by atoms with van der Waals surface area (Å²) in [5.74, 6) is -0.269. The maximum atomic E-state index is 11.7. The Labute approximate surface area is 152 Å². The molecule has 0 fully saturated rings. The van der Waals surface area contributed by atoms with Gasteiger partial charge in [0.2, 0.25) is 0 Å². The summed E-state index contributed by atoms with van der Waals surface area (Å²) < 4.78 is 10.4. The Morgan fingerprint density at radius 1 is 1.12 bits per heavy atom. The van der Waals surface area contributed by atoms with Crippen LogP contribution >= 0.6 is 0 Å². The third-order valence-corrected chi connectivity index (χ3v) is 3.52. The summed E-state index contributed by atoms with van der Waals surface area (Å²) in [4.78, 5) is 22.5. The fourth-order valence-corrected chi connectivity index (χ4v) is 2.30. The molecule has 0 aliphatic heterocycles. The van der Waals surface area contributed by atoms with Gasteiger partial charge < -0.3 is 19.9 Å². The molecule has 2 aromatic rings. The standard InChI is InChI=1S/C20H21NO5/c1-25-18-10-9-16(13-19(22)23)12-17(18)8-5-11-21-20(24)26-14-15-6-3-2-4-7-15/h2-10,12H,11,13-14H2,1H3,(H,21,24)(H,22,23). The van der Waals surface area contributed by atoms with Gasteiger partial charge in [-0.3, -0.25) is 4.79 Å². The molecule has 26 heavy (non-hydrogen) atoms. The lowest BCUT2D eigenvalue weighted by Crippen LogP contribution is -2.24. The van der Waals surface area contributed by atoms with E-state index in [1.165, 1.54) is 0 Å². The molecule has 0 aliphatic rings. The number of carbonyl (C=O) groups excluding carboxylic acids is 1. The Hall–Kier alpha value is -3.28. The SMILES string of the molecule is COc1ccc(CC(=O)O)cc1C=CCNC(=O)OCc1ccccc1. The molecule has 0 heterocycles. The summed E-state index contributed by atoms with van der Waals surface area (Å²) in [6.45, 7) is 0.487. The van der Waals surface area contributed by atoms with Crippen LogP contribution in [-0.2, 0) is 22.6 Å². The molecule has 1 amide bonds. The predicted octanol–water partition coefficient (Wildman–Crippen LogP) is 3.26. The summed E-state index contributed by atoms with van der Waals surface area (Å²) in [5, 5.41) is 11.5. The number of methoxy groups -OCH3 is 1. The van der Waals surface area contributed by atoms with Crippen LogP contribution in [0.5, 0.6) is 5.75 Å². The van der Waals surface area contributed by atoms with Crippen LogP contribution in [-0.4, -0.2) is 30.8 Å². The zero-order valence-electron chi connectivity index (χ0n) is 14.5. The first kappa shape index (κ1) is 19.1. The van der Waals surface area contributed by atoms with E-state index >= 15 is 0 Å². The monoisotopic (exact) mass is 355 g/mol. The fraction of sp³-hybridized carbons (Fsp3) is 0.200. The van der Waals surface area contributed by atoms with Crippen molar-refractivity contribution >= 4 is 18.1 Å². The smallest absolute Gasteiger partial charge is 0.407 e. The topological polar surface area (TPSA) is 84.9 Å². The Balaban J connectivity index is 1.85. The molecular weight excluding hydrogens is 334 g/mol. The van der Waals surface area contributed by atoms with E-state index in [0.717, 1.165) is 11.1 Å². The highest BCUT2D eigenvalue weighted by atomic mass is 16.5. The van der Waals surface area contributed by atoms with E-state index in [1.54, 1.807) is 37.5 Å². The summed E-state index contributed by atoms with van der Waals surface area (Å²) in [6.07, 6.45) is 2.94. The van der Waals surface area contributed by atoms with Crippen molar-refractivity contribution in [2.75, 3.05) is 13.7 Å². The van der Waals surface area contributed by atoms with Crippen molar-refractivity contribution in [2.45, 2.75) is 13.0 Å². The van der Waals surface area contributed by atoms with Crippen LogP contribution in [0.1, 0.15) is 16.7 Å². The number of ether oxygens (including phenoxy) is 2. The molecule has 0 unspecified atom stereocenters. The lowest BCUT2D eigenvalue weighted by atomic mass is 10.1. The van der Waals surface area contributed by atoms with Gasteiger partial charge in [-0.2, -0.15) is 0 Å². The zero-order valence-corrected chi connectivity index (χ0v) is 14.5. The molecule has 0 aliphatic carbocycles. The molecule has 0 bridgehead atoms. The quantitative estimate of drug-likeness (QED) is 0.759. The van der Waals surface area contributed by atoms with Crippen LogP contribution in [0.25, 0.3) is 6.08 Å². The highest BCUT2D eigenvalue weighted by Gasteiger charge is 2.05. The molecule has 0 saturated carbocycles. The fourth-order valence-electron chi connectivity index (χ4n) is 2.30. The molecule has 0 atom stereocenters. The van der Waals surface area contributed by atoms with Gasteiger partial charge >= 0.3 is 12.1 Å². The molecule has 6 heteroatoms. The molecule has 0 spiro atoms. The van der Waals surface area contributed by atoms with Crippen LogP contribution in [0, 0.1) is 0 Å². The number of amides is 1. The van der Waals surface area contributed by atoms with Gasteiger partial charge in [0.15, 0.2) is 0 Å². The Kier molecular flexibility index (Phi) is 7.24. The van der Waals surface area contributed by atoms with Gasteiger partial charge in [0.1, 0.15) is 12.4 Å². The molecule has 136 valence electrons. The number of benzene rings is 2. The maximum Gasteiger partial charge on any atom is 0.407 e. The average Bonchev–Trinajstić information content (AvgIpc) is 2.64. The van der Waals surface area contributed by atoms with Gasteiger partial charge in [-0.15, -0.1) is 0 Å². The summed E-state index contributed by atoms with van der Waals surface area (Å²) in [6, 6.07) is 14.6. The Morgan fingerprint density at radius 2 is 1.88 bits per heavy atom. The number of nitrogens with one attached hydrogen (secondary N) is 1. The van der Waals surface area contributed by atoms with E-state index in [9.17, 15) is 9.59 Å². The molecule has 0 radical (unpaired) electrons. The van der Waals surface area contributed by atoms with Crippen LogP contribution in [0.3, 0.4) is 0 Å². The van der Waals surface area contributed by atoms with Gasteiger partial charge in [0, 0.05) is 12.1 Å². The molecule has 2 N–H and O–H groups in total. The lowest BCUT2D eigenvalue weighted by Gasteiger charge is -2.07. The molecule has 6 nitrogen and oxygen atoms in total. The van der Waals surface area contributed by atoms with Crippen molar-refractivity contribution in [3.05, 3.63) is 71.3 Å². The van der Waals surface area contributed by atoms with E-state index in [4.69, 9.17) is 14.6 Å². The van der Waals surface area contributed by atoms with Crippen LogP contribution in [0.15, 0.2) is 54.6 Å².